The standard InChI is InChI=1S/C25H31N3O3/c29-24(17-19-7-2-1-3-8-19)27-20-12-14-28(15-13-20)23-11-5-4-10-22(23)25(30)26-18-21-9-6-16-31-21/h1-5,7-8,10-11,20-21H,6,9,12-18H2,(H,26,30)(H,27,29)/t21-/m1/s1. The van der Waals surface area contributed by atoms with Gasteiger partial charge in [0.25, 0.3) is 5.91 Å². The highest BCUT2D eigenvalue weighted by atomic mass is 16.5. The SMILES string of the molecule is O=C(Cc1ccccc1)NC1CCN(c2ccccc2C(=O)NC[C@H]2CCCO2)CC1. The van der Waals surface area contributed by atoms with Gasteiger partial charge in [0, 0.05) is 38.0 Å². The van der Waals surface area contributed by atoms with Crippen molar-refractivity contribution >= 4 is 17.5 Å². The molecule has 2 N–H and O–H groups in total. The van der Waals surface area contributed by atoms with Crippen LogP contribution in [0, 0.1) is 0 Å². The number of amides is 2. The van der Waals surface area contributed by atoms with Crippen molar-refractivity contribution in [2.45, 2.75) is 44.2 Å². The number of hydrogen-bond donors (Lipinski definition) is 2. The highest BCUT2D eigenvalue weighted by Crippen LogP contribution is 2.24. The van der Waals surface area contributed by atoms with Gasteiger partial charge in [-0.05, 0) is 43.4 Å². The second kappa shape index (κ2) is 10.4. The molecule has 0 saturated carbocycles. The molecule has 2 amide bonds. The second-order valence-corrected chi connectivity index (χ2v) is 8.35. The lowest BCUT2D eigenvalue weighted by molar-refractivity contribution is -0.121. The molecule has 6 nitrogen and oxygen atoms in total. The van der Waals surface area contributed by atoms with Crippen molar-refractivity contribution in [3.63, 3.8) is 0 Å². The molecule has 31 heavy (non-hydrogen) atoms. The molecule has 0 spiro atoms. The second-order valence-electron chi connectivity index (χ2n) is 8.35. The van der Waals surface area contributed by atoms with Crippen LogP contribution < -0.4 is 15.5 Å². The molecule has 2 aliphatic rings. The van der Waals surface area contributed by atoms with E-state index in [4.69, 9.17) is 4.74 Å². The number of hydrogen-bond acceptors (Lipinski definition) is 4. The number of nitrogens with zero attached hydrogens (tertiary/aromatic N) is 1. The van der Waals surface area contributed by atoms with Crippen LogP contribution in [0.5, 0.6) is 0 Å². The minimum atomic E-state index is -0.0515. The number of carbonyl (C=O) groups excluding carboxylic acids is 2. The van der Waals surface area contributed by atoms with E-state index >= 15 is 0 Å². The van der Waals surface area contributed by atoms with E-state index in [9.17, 15) is 9.59 Å². The average molecular weight is 422 g/mol. The van der Waals surface area contributed by atoms with Crippen LogP contribution >= 0.6 is 0 Å². The Hall–Kier alpha value is -2.86. The third-order valence-electron chi connectivity index (χ3n) is 6.07. The Labute approximate surface area is 184 Å². The molecule has 2 heterocycles. The molecule has 2 fully saturated rings. The summed E-state index contributed by atoms with van der Waals surface area (Å²) in [5.41, 5.74) is 2.69. The molecule has 1 atom stereocenters. The van der Waals surface area contributed by atoms with E-state index < -0.39 is 0 Å². The van der Waals surface area contributed by atoms with Crippen molar-refractivity contribution in [2.24, 2.45) is 0 Å². The van der Waals surface area contributed by atoms with Crippen molar-refractivity contribution < 1.29 is 14.3 Å². The quantitative estimate of drug-likeness (QED) is 0.721. The zero-order valence-corrected chi connectivity index (χ0v) is 17.9. The molecule has 0 radical (unpaired) electrons. The first-order valence-electron chi connectivity index (χ1n) is 11.3. The summed E-state index contributed by atoms with van der Waals surface area (Å²) in [6.07, 6.45) is 4.35. The lowest BCUT2D eigenvalue weighted by Gasteiger charge is -2.35. The van der Waals surface area contributed by atoms with Gasteiger partial charge in [-0.15, -0.1) is 0 Å². The van der Waals surface area contributed by atoms with Gasteiger partial charge in [0.05, 0.1) is 18.1 Å². The zero-order valence-electron chi connectivity index (χ0n) is 17.9. The van der Waals surface area contributed by atoms with Crippen LogP contribution in [-0.4, -0.2) is 50.2 Å². The molecule has 0 aliphatic carbocycles. The fourth-order valence-electron chi connectivity index (χ4n) is 4.37. The maximum Gasteiger partial charge on any atom is 0.253 e. The van der Waals surface area contributed by atoms with Gasteiger partial charge in [0.1, 0.15) is 0 Å². The van der Waals surface area contributed by atoms with Crippen LogP contribution in [-0.2, 0) is 16.0 Å². The van der Waals surface area contributed by atoms with Gasteiger partial charge in [0.2, 0.25) is 5.91 Å². The molecule has 0 aromatic heterocycles. The van der Waals surface area contributed by atoms with Crippen molar-refractivity contribution in [1.82, 2.24) is 10.6 Å². The molecular weight excluding hydrogens is 390 g/mol. The van der Waals surface area contributed by atoms with E-state index in [1.165, 1.54) is 0 Å². The van der Waals surface area contributed by atoms with Crippen LogP contribution in [0.4, 0.5) is 5.69 Å². The molecule has 164 valence electrons. The van der Waals surface area contributed by atoms with Crippen LogP contribution in [0.2, 0.25) is 0 Å². The first-order chi connectivity index (χ1) is 15.2. The molecule has 4 rings (SSSR count). The molecule has 0 bridgehead atoms. The first kappa shape index (κ1) is 21.4. The molecule has 2 saturated heterocycles. The summed E-state index contributed by atoms with van der Waals surface area (Å²) in [5.74, 6) is 0.0166. The predicted molar refractivity (Wildman–Crippen MR) is 121 cm³/mol. The van der Waals surface area contributed by atoms with E-state index in [0.29, 0.717) is 18.5 Å². The van der Waals surface area contributed by atoms with Crippen molar-refractivity contribution in [2.75, 3.05) is 31.1 Å². The van der Waals surface area contributed by atoms with Gasteiger partial charge in [0.15, 0.2) is 0 Å². The lowest BCUT2D eigenvalue weighted by atomic mass is 10.0. The zero-order chi connectivity index (χ0) is 21.5. The number of piperidine rings is 1. The summed E-state index contributed by atoms with van der Waals surface area (Å²) >= 11 is 0. The van der Waals surface area contributed by atoms with Gasteiger partial charge in [-0.1, -0.05) is 42.5 Å². The minimum absolute atomic E-state index is 0.0515. The number of anilines is 1. The number of ether oxygens (including phenoxy) is 1. The fraction of sp³-hybridized carbons (Fsp3) is 0.440. The summed E-state index contributed by atoms with van der Waals surface area (Å²) in [7, 11) is 0. The maximum absolute atomic E-state index is 12.8. The third-order valence-corrected chi connectivity index (χ3v) is 6.07. The topological polar surface area (TPSA) is 70.7 Å². The first-order valence-corrected chi connectivity index (χ1v) is 11.3. The summed E-state index contributed by atoms with van der Waals surface area (Å²) in [6, 6.07) is 17.8. The van der Waals surface area contributed by atoms with Crippen LogP contribution in [0.15, 0.2) is 54.6 Å². The van der Waals surface area contributed by atoms with Crippen LogP contribution in [0.25, 0.3) is 0 Å². The number of benzene rings is 2. The van der Waals surface area contributed by atoms with Crippen molar-refractivity contribution in [3.8, 4) is 0 Å². The summed E-state index contributed by atoms with van der Waals surface area (Å²) < 4.78 is 5.61. The lowest BCUT2D eigenvalue weighted by Crippen LogP contribution is -2.45. The van der Waals surface area contributed by atoms with Crippen molar-refractivity contribution in [3.05, 3.63) is 65.7 Å². The monoisotopic (exact) mass is 421 g/mol. The van der Waals surface area contributed by atoms with Gasteiger partial charge in [-0.25, -0.2) is 0 Å². The molecule has 0 unspecified atom stereocenters. The summed E-state index contributed by atoms with van der Waals surface area (Å²) in [5, 5.41) is 6.20. The van der Waals surface area contributed by atoms with E-state index in [0.717, 1.165) is 56.6 Å². The Balaban J connectivity index is 1.29. The number of nitrogens with one attached hydrogen (secondary N) is 2. The fourth-order valence-corrected chi connectivity index (χ4v) is 4.37. The van der Waals surface area contributed by atoms with Crippen LogP contribution in [0.3, 0.4) is 0 Å². The molecule has 6 heteroatoms. The van der Waals surface area contributed by atoms with Crippen molar-refractivity contribution in [1.29, 1.82) is 0 Å². The van der Waals surface area contributed by atoms with Crippen LogP contribution in [0.1, 0.15) is 41.6 Å². The smallest absolute Gasteiger partial charge is 0.253 e. The highest BCUT2D eigenvalue weighted by molar-refractivity contribution is 5.99. The number of carbonyl (C=O) groups is 2. The normalized spacial score (nSPS) is 19.2. The van der Waals surface area contributed by atoms with Gasteiger partial charge < -0.3 is 20.3 Å². The van der Waals surface area contributed by atoms with E-state index in [1.807, 2.05) is 54.6 Å². The highest BCUT2D eigenvalue weighted by Gasteiger charge is 2.24. The maximum atomic E-state index is 12.8. The predicted octanol–water partition coefficient (Wildman–Crippen LogP) is 2.92. The van der Waals surface area contributed by atoms with E-state index in [-0.39, 0.29) is 24.0 Å². The van der Waals surface area contributed by atoms with Gasteiger partial charge in [-0.2, -0.15) is 0 Å². The van der Waals surface area contributed by atoms with Gasteiger partial charge in [-0.3, -0.25) is 9.59 Å². The third kappa shape index (κ3) is 5.85. The Kier molecular flexibility index (Phi) is 7.20. The largest absolute Gasteiger partial charge is 0.376 e. The summed E-state index contributed by atoms with van der Waals surface area (Å²) in [6.45, 7) is 2.97. The van der Waals surface area contributed by atoms with E-state index in [1.54, 1.807) is 0 Å². The Bertz CT molecular complexity index is 873. The van der Waals surface area contributed by atoms with Gasteiger partial charge >= 0.3 is 0 Å². The average Bonchev–Trinajstić information content (AvgIpc) is 3.32. The Morgan fingerprint density at radius 2 is 1.71 bits per heavy atom. The van der Waals surface area contributed by atoms with E-state index in [2.05, 4.69) is 15.5 Å². The summed E-state index contributed by atoms with van der Waals surface area (Å²) in [4.78, 5) is 27.4. The Morgan fingerprint density at radius 1 is 0.968 bits per heavy atom. The number of para-hydroxylation sites is 1. The minimum Gasteiger partial charge on any atom is -0.376 e. The molecule has 2 aliphatic heterocycles. The number of rotatable bonds is 7. The molecular formula is C25H31N3O3. The molecule has 2 aromatic rings. The Morgan fingerprint density at radius 3 is 2.45 bits per heavy atom. The molecule has 2 aromatic carbocycles.